The summed E-state index contributed by atoms with van der Waals surface area (Å²) in [6.45, 7) is 4.39. The summed E-state index contributed by atoms with van der Waals surface area (Å²) in [7, 11) is 0. The van der Waals surface area contributed by atoms with Crippen LogP contribution in [0.4, 0.5) is 0 Å². The topological polar surface area (TPSA) is 9.23 Å². The normalized spacial score (nSPS) is 34.0. The second-order valence-corrected chi connectivity index (χ2v) is 2.71. The van der Waals surface area contributed by atoms with E-state index in [9.17, 15) is 0 Å². The lowest BCUT2D eigenvalue weighted by molar-refractivity contribution is 0.105. The summed E-state index contributed by atoms with van der Waals surface area (Å²) < 4.78 is 5.32. The van der Waals surface area contributed by atoms with Crippen LogP contribution in [0.5, 0.6) is 0 Å². The van der Waals surface area contributed by atoms with E-state index in [2.05, 4.69) is 19.9 Å². The molecule has 1 aliphatic rings. The van der Waals surface area contributed by atoms with Gasteiger partial charge in [0.25, 0.3) is 0 Å². The quantitative estimate of drug-likeness (QED) is 0.524. The van der Waals surface area contributed by atoms with Crippen molar-refractivity contribution < 1.29 is 4.74 Å². The van der Waals surface area contributed by atoms with Crippen molar-refractivity contribution in [1.29, 1.82) is 0 Å². The SMILES string of the molecule is CC[C@@H]1C[C@H](C)C=CO1. The third kappa shape index (κ3) is 1.74. The van der Waals surface area contributed by atoms with Crippen LogP contribution in [0.3, 0.4) is 0 Å². The first-order chi connectivity index (χ1) is 4.33. The van der Waals surface area contributed by atoms with Crippen molar-refractivity contribution in [2.75, 3.05) is 0 Å². The average molecular weight is 126 g/mol. The van der Waals surface area contributed by atoms with Gasteiger partial charge in [0.15, 0.2) is 0 Å². The fourth-order valence-corrected chi connectivity index (χ4v) is 1.10. The number of ether oxygens (including phenoxy) is 1. The van der Waals surface area contributed by atoms with E-state index in [1.54, 1.807) is 0 Å². The molecule has 1 nitrogen and oxygen atoms in total. The second-order valence-electron chi connectivity index (χ2n) is 2.71. The Balaban J connectivity index is 2.38. The number of allylic oxidation sites excluding steroid dienone is 1. The molecule has 0 bridgehead atoms. The summed E-state index contributed by atoms with van der Waals surface area (Å²) in [5.41, 5.74) is 0. The number of hydrogen-bond donors (Lipinski definition) is 0. The van der Waals surface area contributed by atoms with E-state index in [1.807, 2.05) is 6.26 Å². The summed E-state index contributed by atoms with van der Waals surface area (Å²) in [4.78, 5) is 0. The Morgan fingerprint density at radius 1 is 1.67 bits per heavy atom. The molecule has 1 rings (SSSR count). The van der Waals surface area contributed by atoms with Crippen LogP contribution in [0.15, 0.2) is 12.3 Å². The molecule has 0 aliphatic carbocycles. The molecule has 0 N–H and O–H groups in total. The van der Waals surface area contributed by atoms with Crippen molar-refractivity contribution in [3.8, 4) is 0 Å². The molecule has 0 amide bonds. The molecule has 52 valence electrons. The lowest BCUT2D eigenvalue weighted by atomic mass is 10.0. The van der Waals surface area contributed by atoms with Gasteiger partial charge in [0.1, 0.15) is 0 Å². The van der Waals surface area contributed by atoms with E-state index in [-0.39, 0.29) is 0 Å². The lowest BCUT2D eigenvalue weighted by Gasteiger charge is -2.21. The summed E-state index contributed by atoms with van der Waals surface area (Å²) in [6, 6.07) is 0. The highest BCUT2D eigenvalue weighted by atomic mass is 16.5. The molecule has 1 heterocycles. The first-order valence-corrected chi connectivity index (χ1v) is 3.65. The minimum Gasteiger partial charge on any atom is -0.498 e. The van der Waals surface area contributed by atoms with Crippen molar-refractivity contribution in [2.24, 2.45) is 5.92 Å². The molecule has 9 heavy (non-hydrogen) atoms. The van der Waals surface area contributed by atoms with Crippen LogP contribution >= 0.6 is 0 Å². The Morgan fingerprint density at radius 2 is 2.44 bits per heavy atom. The van der Waals surface area contributed by atoms with Crippen LogP contribution in [0.1, 0.15) is 26.7 Å². The van der Waals surface area contributed by atoms with E-state index in [0.29, 0.717) is 12.0 Å². The molecule has 2 atom stereocenters. The van der Waals surface area contributed by atoms with Gasteiger partial charge >= 0.3 is 0 Å². The Labute approximate surface area is 56.7 Å². The van der Waals surface area contributed by atoms with Gasteiger partial charge in [-0.1, -0.05) is 13.8 Å². The minimum absolute atomic E-state index is 0.477. The average Bonchev–Trinajstić information content (AvgIpc) is 1.88. The second kappa shape index (κ2) is 2.90. The van der Waals surface area contributed by atoms with Crippen molar-refractivity contribution in [1.82, 2.24) is 0 Å². The summed E-state index contributed by atoms with van der Waals surface area (Å²) >= 11 is 0. The van der Waals surface area contributed by atoms with Gasteiger partial charge in [-0.15, -0.1) is 0 Å². The van der Waals surface area contributed by atoms with Crippen LogP contribution in [0, 0.1) is 5.92 Å². The van der Waals surface area contributed by atoms with Crippen molar-refractivity contribution >= 4 is 0 Å². The van der Waals surface area contributed by atoms with E-state index in [1.165, 1.54) is 6.42 Å². The maximum Gasteiger partial charge on any atom is 0.0981 e. The van der Waals surface area contributed by atoms with Crippen molar-refractivity contribution in [3.63, 3.8) is 0 Å². The molecule has 0 aromatic rings. The number of hydrogen-bond acceptors (Lipinski definition) is 1. The molecule has 0 spiro atoms. The molecular weight excluding hydrogens is 112 g/mol. The predicted molar refractivity (Wildman–Crippen MR) is 38.1 cm³/mol. The zero-order chi connectivity index (χ0) is 6.69. The van der Waals surface area contributed by atoms with Gasteiger partial charge in [0, 0.05) is 0 Å². The van der Waals surface area contributed by atoms with Crippen molar-refractivity contribution in [2.45, 2.75) is 32.8 Å². The fourth-order valence-electron chi connectivity index (χ4n) is 1.10. The highest BCUT2D eigenvalue weighted by molar-refractivity contribution is 4.87. The Bertz CT molecular complexity index is 107. The van der Waals surface area contributed by atoms with E-state index in [4.69, 9.17) is 4.74 Å². The van der Waals surface area contributed by atoms with Crippen LogP contribution in [0.2, 0.25) is 0 Å². The molecule has 0 saturated carbocycles. The van der Waals surface area contributed by atoms with Crippen LogP contribution in [0.25, 0.3) is 0 Å². The molecule has 1 heteroatoms. The molecule has 1 aliphatic heterocycles. The zero-order valence-electron chi connectivity index (χ0n) is 6.13. The summed E-state index contributed by atoms with van der Waals surface area (Å²) in [5.74, 6) is 0.712. The Kier molecular flexibility index (Phi) is 2.15. The van der Waals surface area contributed by atoms with Crippen molar-refractivity contribution in [3.05, 3.63) is 12.3 Å². The molecule has 0 unspecified atom stereocenters. The number of rotatable bonds is 1. The van der Waals surface area contributed by atoms with Crippen LogP contribution < -0.4 is 0 Å². The van der Waals surface area contributed by atoms with Gasteiger partial charge in [-0.25, -0.2) is 0 Å². The third-order valence-corrected chi connectivity index (χ3v) is 1.77. The van der Waals surface area contributed by atoms with Crippen LogP contribution in [-0.2, 0) is 4.74 Å². The first kappa shape index (κ1) is 6.66. The maximum absolute atomic E-state index is 5.32. The largest absolute Gasteiger partial charge is 0.498 e. The fraction of sp³-hybridized carbons (Fsp3) is 0.750. The van der Waals surface area contributed by atoms with Gasteiger partial charge in [0.2, 0.25) is 0 Å². The minimum atomic E-state index is 0.477. The Hall–Kier alpha value is -0.460. The maximum atomic E-state index is 5.32. The summed E-state index contributed by atoms with van der Waals surface area (Å²) in [5, 5.41) is 0. The van der Waals surface area contributed by atoms with E-state index in [0.717, 1.165) is 6.42 Å². The van der Waals surface area contributed by atoms with Crippen LogP contribution in [-0.4, -0.2) is 6.10 Å². The molecule has 0 fully saturated rings. The smallest absolute Gasteiger partial charge is 0.0981 e. The van der Waals surface area contributed by atoms with Gasteiger partial charge < -0.3 is 4.74 Å². The third-order valence-electron chi connectivity index (χ3n) is 1.77. The summed E-state index contributed by atoms with van der Waals surface area (Å²) in [6.07, 6.45) is 6.75. The van der Waals surface area contributed by atoms with Gasteiger partial charge in [-0.05, 0) is 24.8 Å². The molecular formula is C8H14O. The lowest BCUT2D eigenvalue weighted by Crippen LogP contribution is -2.15. The molecule has 0 aromatic heterocycles. The predicted octanol–water partition coefficient (Wildman–Crippen LogP) is 2.34. The monoisotopic (exact) mass is 126 g/mol. The van der Waals surface area contributed by atoms with E-state index >= 15 is 0 Å². The zero-order valence-corrected chi connectivity index (χ0v) is 6.13. The molecule has 0 radical (unpaired) electrons. The van der Waals surface area contributed by atoms with E-state index < -0.39 is 0 Å². The molecule has 0 aromatic carbocycles. The molecule has 0 saturated heterocycles. The first-order valence-electron chi connectivity index (χ1n) is 3.65. The highest BCUT2D eigenvalue weighted by Gasteiger charge is 2.12. The Morgan fingerprint density at radius 3 is 2.89 bits per heavy atom. The van der Waals surface area contributed by atoms with Gasteiger partial charge in [-0.3, -0.25) is 0 Å². The van der Waals surface area contributed by atoms with Gasteiger partial charge in [-0.2, -0.15) is 0 Å². The standard InChI is InChI=1S/C8H14O/c1-3-8-6-7(2)4-5-9-8/h4-5,7-8H,3,6H2,1-2H3/t7-,8-/m1/s1. The van der Waals surface area contributed by atoms with Gasteiger partial charge in [0.05, 0.1) is 12.4 Å². The highest BCUT2D eigenvalue weighted by Crippen LogP contribution is 2.18.